The third-order valence-corrected chi connectivity index (χ3v) is 12.6. The van der Waals surface area contributed by atoms with Gasteiger partial charge in [-0.15, -0.1) is 0 Å². The van der Waals surface area contributed by atoms with Gasteiger partial charge in [-0.25, -0.2) is 0 Å². The summed E-state index contributed by atoms with van der Waals surface area (Å²) in [5, 5.41) is 9.87. The van der Waals surface area contributed by atoms with Gasteiger partial charge in [0.15, 0.2) is 12.2 Å². The molecule has 0 unspecified atom stereocenters. The predicted octanol–water partition coefficient (Wildman–Crippen LogP) is 5.57. The van der Waals surface area contributed by atoms with Gasteiger partial charge < -0.3 is 23.6 Å². The third kappa shape index (κ3) is 4.66. The van der Waals surface area contributed by atoms with Crippen molar-refractivity contribution >= 4 is 48.9 Å². The lowest BCUT2D eigenvalue weighted by atomic mass is 9.82. The minimum Gasteiger partial charge on any atom is -0.482 e. The molecule has 240 valence electrons. The van der Waals surface area contributed by atoms with Crippen molar-refractivity contribution in [3.8, 4) is 5.75 Å². The predicted molar refractivity (Wildman–Crippen MR) is 174 cm³/mol. The fourth-order valence-corrected chi connectivity index (χ4v) is 10.7. The minimum absolute atomic E-state index is 0.0867. The number of fused-ring (bicyclic) bond motifs is 3. The van der Waals surface area contributed by atoms with Crippen LogP contribution in [-0.2, 0) is 24.7 Å². The number of aliphatic hydroxyl groups is 1. The molecule has 5 atom stereocenters. The van der Waals surface area contributed by atoms with E-state index in [0.29, 0.717) is 47.0 Å². The zero-order valence-electron chi connectivity index (χ0n) is 26.2. The lowest BCUT2D eigenvalue weighted by Gasteiger charge is -2.32. The highest BCUT2D eigenvalue weighted by atomic mass is 28.4. The maximum Gasteiger partial charge on any atom is 0.269 e. The highest BCUT2D eigenvalue weighted by Gasteiger charge is 2.67. The molecule has 11 heteroatoms. The Morgan fingerprint density at radius 1 is 1.00 bits per heavy atom. The number of benzene rings is 3. The molecule has 3 aromatic carbocycles. The number of likely N-dealkylation sites (tertiary alicyclic amines) is 1. The van der Waals surface area contributed by atoms with Crippen LogP contribution in [0.1, 0.15) is 31.7 Å². The number of nitrogens with zero attached hydrogens (tertiary/aromatic N) is 3. The fraction of sp³-hybridized carbons (Fsp3) is 0.400. The number of halogens is 1. The molecule has 3 amide bonds. The van der Waals surface area contributed by atoms with Crippen molar-refractivity contribution in [2.45, 2.75) is 62.6 Å². The zero-order valence-corrected chi connectivity index (χ0v) is 27.2. The van der Waals surface area contributed by atoms with Gasteiger partial charge in [-0.05, 0) is 68.4 Å². The van der Waals surface area contributed by atoms with Crippen LogP contribution in [0, 0.1) is 5.92 Å². The van der Waals surface area contributed by atoms with E-state index < -0.39 is 31.6 Å². The summed E-state index contributed by atoms with van der Waals surface area (Å²) in [6.07, 6.45) is 0.567. The minimum atomic E-state index is -3.53. The molecule has 3 aromatic rings. The molecule has 0 aliphatic carbocycles. The number of aliphatic hydroxyl groups excluding tert-OH is 1. The molecule has 7 rings (SSSR count). The largest absolute Gasteiger partial charge is 0.482 e. The van der Waals surface area contributed by atoms with Crippen molar-refractivity contribution in [2.24, 2.45) is 5.92 Å². The summed E-state index contributed by atoms with van der Waals surface area (Å²) in [5.41, 5.74) is 0.614. The van der Waals surface area contributed by atoms with Crippen LogP contribution in [0.25, 0.3) is 0 Å². The molecular formula is C35H38FN3O6Si. The maximum absolute atomic E-state index is 16.4. The summed E-state index contributed by atoms with van der Waals surface area (Å²) in [6.45, 7) is 5.33. The first kappa shape index (κ1) is 30.6. The van der Waals surface area contributed by atoms with Gasteiger partial charge in [0.1, 0.15) is 5.75 Å². The number of ether oxygens (including phenoxy) is 2. The van der Waals surface area contributed by atoms with Crippen molar-refractivity contribution in [1.82, 2.24) is 4.90 Å². The van der Waals surface area contributed by atoms with Crippen molar-refractivity contribution in [3.63, 3.8) is 0 Å². The number of hydrogen-bond acceptors (Lipinski definition) is 6. The number of carbonyl (C=O) groups excluding carboxylic acids is 3. The average Bonchev–Trinajstić information content (AvgIpc) is 3.70. The smallest absolute Gasteiger partial charge is 0.269 e. The molecular weight excluding hydrogens is 605 g/mol. The number of anilines is 4. The van der Waals surface area contributed by atoms with Gasteiger partial charge in [-0.1, -0.05) is 37.3 Å². The summed E-state index contributed by atoms with van der Waals surface area (Å²) in [6, 6.07) is 21.7. The van der Waals surface area contributed by atoms with Crippen LogP contribution in [0.3, 0.4) is 0 Å². The van der Waals surface area contributed by atoms with E-state index in [1.54, 1.807) is 46.0 Å². The quantitative estimate of drug-likeness (QED) is 0.279. The van der Waals surface area contributed by atoms with E-state index in [9.17, 15) is 19.5 Å². The lowest BCUT2D eigenvalue weighted by Crippen LogP contribution is -2.44. The van der Waals surface area contributed by atoms with Gasteiger partial charge in [0.25, 0.3) is 11.8 Å². The van der Waals surface area contributed by atoms with E-state index in [1.807, 2.05) is 61.5 Å². The van der Waals surface area contributed by atoms with Crippen molar-refractivity contribution in [1.29, 1.82) is 0 Å². The number of amides is 3. The number of para-hydroxylation sites is 3. The first-order chi connectivity index (χ1) is 22.1. The summed E-state index contributed by atoms with van der Waals surface area (Å²) >= 11 is 0. The van der Waals surface area contributed by atoms with Crippen LogP contribution >= 0.6 is 0 Å². The highest BCUT2D eigenvalue weighted by Crippen LogP contribution is 2.62. The molecule has 4 aliphatic heterocycles. The molecule has 0 bridgehead atoms. The van der Waals surface area contributed by atoms with Crippen molar-refractivity contribution in [3.05, 3.63) is 78.4 Å². The van der Waals surface area contributed by atoms with Crippen LogP contribution in [-0.4, -0.2) is 68.0 Å². The van der Waals surface area contributed by atoms with E-state index in [-0.39, 0.29) is 43.4 Å². The molecule has 46 heavy (non-hydrogen) atoms. The topological polar surface area (TPSA) is 99.6 Å². The first-order valence-corrected chi connectivity index (χ1v) is 18.9. The van der Waals surface area contributed by atoms with E-state index >= 15 is 4.11 Å². The number of hydrogen-bond donors (Lipinski definition) is 1. The van der Waals surface area contributed by atoms with Gasteiger partial charge >= 0.3 is 0 Å². The fourth-order valence-electron chi connectivity index (χ4n) is 8.16. The SMILES string of the molecule is C[C@H]1[C@H]([Si](C)(C)F)[C@@H](CC(=O)N2CCC[C@H]2CO)O[C@]12C(=O)N(c1ccccc1)c1ccc(N3C(=O)COc4ccccc43)cc12. The van der Waals surface area contributed by atoms with Crippen molar-refractivity contribution < 1.29 is 33.1 Å². The van der Waals surface area contributed by atoms with Crippen LogP contribution in [0.5, 0.6) is 5.75 Å². The molecule has 2 fully saturated rings. The summed E-state index contributed by atoms with van der Waals surface area (Å²) < 4.78 is 28.9. The molecule has 0 saturated carbocycles. The Morgan fingerprint density at radius 3 is 2.48 bits per heavy atom. The van der Waals surface area contributed by atoms with E-state index in [0.717, 1.165) is 6.42 Å². The lowest BCUT2D eigenvalue weighted by molar-refractivity contribution is -0.149. The molecule has 1 N–H and O–H groups in total. The Balaban J connectivity index is 1.36. The van der Waals surface area contributed by atoms with Crippen LogP contribution in [0.15, 0.2) is 72.8 Å². The first-order valence-electron chi connectivity index (χ1n) is 15.9. The molecule has 9 nitrogen and oxygen atoms in total. The van der Waals surface area contributed by atoms with Crippen LogP contribution in [0.2, 0.25) is 18.6 Å². The molecule has 0 radical (unpaired) electrons. The average molecular weight is 644 g/mol. The summed E-state index contributed by atoms with van der Waals surface area (Å²) in [4.78, 5) is 46.7. The second-order valence-corrected chi connectivity index (χ2v) is 17.0. The zero-order chi connectivity index (χ0) is 32.4. The number of rotatable bonds is 6. The third-order valence-electron chi connectivity index (χ3n) is 10.1. The molecule has 2 saturated heterocycles. The second kappa shape index (κ2) is 11.3. The molecule has 4 aliphatic rings. The van der Waals surface area contributed by atoms with E-state index in [4.69, 9.17) is 9.47 Å². The Labute approximate surface area is 268 Å². The summed E-state index contributed by atoms with van der Waals surface area (Å²) in [5.74, 6) is -0.868. The monoisotopic (exact) mass is 643 g/mol. The summed E-state index contributed by atoms with van der Waals surface area (Å²) in [7, 11) is -3.53. The number of carbonyl (C=O) groups is 3. The Hall–Kier alpha value is -4.06. The molecule has 4 heterocycles. The van der Waals surface area contributed by atoms with Gasteiger partial charge in [0.2, 0.25) is 14.3 Å². The Kier molecular flexibility index (Phi) is 7.53. The van der Waals surface area contributed by atoms with Crippen LogP contribution in [0.4, 0.5) is 26.9 Å². The van der Waals surface area contributed by atoms with Crippen molar-refractivity contribution in [2.75, 3.05) is 29.6 Å². The highest BCUT2D eigenvalue weighted by molar-refractivity contribution is 6.72. The van der Waals surface area contributed by atoms with Gasteiger partial charge in [0.05, 0.1) is 36.5 Å². The normalized spacial score (nSPS) is 27.3. The van der Waals surface area contributed by atoms with Crippen LogP contribution < -0.4 is 14.5 Å². The molecule has 0 aromatic heterocycles. The van der Waals surface area contributed by atoms with Gasteiger partial charge in [-0.2, -0.15) is 0 Å². The van der Waals surface area contributed by atoms with E-state index in [2.05, 4.69) is 0 Å². The molecule has 1 spiro atoms. The Morgan fingerprint density at radius 2 is 1.74 bits per heavy atom. The Bertz CT molecular complexity index is 1700. The standard InChI is InChI=1S/C35H38FN3O6Si/c1-22-33(46(2,3)36)30(19-31(41)37-17-9-12-25(37)20-40)45-35(22)26-18-24(38-28-13-7-8-14-29(28)44-21-32(38)42)15-16-27(26)39(34(35)43)23-10-5-4-6-11-23/h4-8,10-11,13-16,18,22,25,30,33,40H,9,12,17,19-21H2,1-3H3/t22-,25-,30+,33-,35+/m0/s1. The van der Waals surface area contributed by atoms with E-state index in [1.165, 1.54) is 0 Å². The van der Waals surface area contributed by atoms with Gasteiger partial charge in [0, 0.05) is 34.9 Å². The maximum atomic E-state index is 16.4. The van der Waals surface area contributed by atoms with Gasteiger partial charge in [-0.3, -0.25) is 24.2 Å². The second-order valence-electron chi connectivity index (χ2n) is 13.2.